The summed E-state index contributed by atoms with van der Waals surface area (Å²) in [6.07, 6.45) is 5.53. The standard InChI is InChI=1S/C8H12N2O2.BrH/c1-3-8(11)12-10-6-5-9(4-2)7-10;/h4-6H,2-3,7H2,1H3;1H. The Morgan fingerprint density at radius 1 is 1.69 bits per heavy atom. The zero-order valence-electron chi connectivity index (χ0n) is 7.47. The van der Waals surface area contributed by atoms with Crippen LogP contribution in [0.25, 0.3) is 0 Å². The lowest BCUT2D eigenvalue weighted by atomic mass is 10.5. The number of hydrogen-bond acceptors (Lipinski definition) is 4. The molecular weight excluding hydrogens is 236 g/mol. The smallest absolute Gasteiger partial charge is 0.332 e. The summed E-state index contributed by atoms with van der Waals surface area (Å²) in [7, 11) is 0. The third kappa shape index (κ3) is 3.50. The number of hydrogen-bond donors (Lipinski definition) is 0. The van der Waals surface area contributed by atoms with Crippen LogP contribution in [0, 0.1) is 0 Å². The van der Waals surface area contributed by atoms with E-state index in [1.54, 1.807) is 25.5 Å². The third-order valence-corrected chi connectivity index (χ3v) is 1.47. The van der Waals surface area contributed by atoms with Gasteiger partial charge in [-0.05, 0) is 6.20 Å². The molecule has 13 heavy (non-hydrogen) atoms. The molecule has 0 saturated heterocycles. The topological polar surface area (TPSA) is 32.8 Å². The first-order valence-electron chi connectivity index (χ1n) is 3.80. The van der Waals surface area contributed by atoms with E-state index in [0.29, 0.717) is 13.1 Å². The molecule has 0 radical (unpaired) electrons. The normalized spacial score (nSPS) is 13.9. The molecule has 0 aromatic rings. The first-order chi connectivity index (χ1) is 5.76. The minimum Gasteiger partial charge on any atom is -0.340 e. The van der Waals surface area contributed by atoms with Gasteiger partial charge in [0.2, 0.25) is 0 Å². The van der Waals surface area contributed by atoms with E-state index in [1.165, 1.54) is 5.06 Å². The Kier molecular flexibility index (Phi) is 5.22. The van der Waals surface area contributed by atoms with Crippen molar-refractivity contribution in [1.82, 2.24) is 9.96 Å². The SMILES string of the molecule is Br.C=CN1C=CN(OC(=O)CC)C1. The maximum atomic E-state index is 10.8. The van der Waals surface area contributed by atoms with E-state index in [1.807, 2.05) is 4.90 Å². The Bertz CT molecular complexity index is 218. The van der Waals surface area contributed by atoms with Gasteiger partial charge in [-0.2, -0.15) is 5.06 Å². The van der Waals surface area contributed by atoms with Crippen LogP contribution in [0.4, 0.5) is 0 Å². The van der Waals surface area contributed by atoms with Crippen LogP contribution in [-0.2, 0) is 9.63 Å². The van der Waals surface area contributed by atoms with E-state index in [0.717, 1.165) is 0 Å². The van der Waals surface area contributed by atoms with Gasteiger partial charge in [0.05, 0.1) is 6.20 Å². The van der Waals surface area contributed by atoms with Crippen molar-refractivity contribution in [3.63, 3.8) is 0 Å². The molecule has 1 aliphatic heterocycles. The quantitative estimate of drug-likeness (QED) is 0.760. The predicted molar refractivity (Wildman–Crippen MR) is 54.6 cm³/mol. The molecular formula is C8H13BrN2O2. The highest BCUT2D eigenvalue weighted by Crippen LogP contribution is 2.07. The molecule has 4 nitrogen and oxygen atoms in total. The van der Waals surface area contributed by atoms with Gasteiger partial charge in [-0.1, -0.05) is 13.5 Å². The Balaban J connectivity index is 0.00000144. The van der Waals surface area contributed by atoms with Crippen LogP contribution in [0.15, 0.2) is 25.2 Å². The second-order valence-electron chi connectivity index (χ2n) is 2.37. The lowest BCUT2D eigenvalue weighted by molar-refractivity contribution is -0.179. The number of nitrogens with zero attached hydrogens (tertiary/aromatic N) is 2. The molecule has 1 aliphatic rings. The number of carbonyl (C=O) groups excluding carboxylic acids is 1. The van der Waals surface area contributed by atoms with Crippen LogP contribution in [0.2, 0.25) is 0 Å². The maximum Gasteiger partial charge on any atom is 0.332 e. The number of halogens is 1. The highest BCUT2D eigenvalue weighted by Gasteiger charge is 2.12. The predicted octanol–water partition coefficient (Wildman–Crippen LogP) is 1.62. The monoisotopic (exact) mass is 248 g/mol. The molecule has 0 aliphatic carbocycles. The van der Waals surface area contributed by atoms with E-state index in [-0.39, 0.29) is 23.0 Å². The highest BCUT2D eigenvalue weighted by molar-refractivity contribution is 8.93. The van der Waals surface area contributed by atoms with E-state index >= 15 is 0 Å². The van der Waals surface area contributed by atoms with Gasteiger partial charge >= 0.3 is 5.97 Å². The molecule has 0 aromatic carbocycles. The Labute approximate surface area is 88.2 Å². The molecule has 1 rings (SSSR count). The van der Waals surface area contributed by atoms with E-state index in [4.69, 9.17) is 4.84 Å². The molecule has 0 bridgehead atoms. The summed E-state index contributed by atoms with van der Waals surface area (Å²) in [5.74, 6) is -0.231. The molecule has 0 saturated carbocycles. The van der Waals surface area contributed by atoms with Crippen molar-refractivity contribution in [1.29, 1.82) is 0 Å². The number of carbonyl (C=O) groups is 1. The van der Waals surface area contributed by atoms with Crippen LogP contribution in [0.1, 0.15) is 13.3 Å². The molecule has 0 N–H and O–H groups in total. The summed E-state index contributed by atoms with van der Waals surface area (Å²) in [6.45, 7) is 5.86. The molecule has 1 heterocycles. The zero-order chi connectivity index (χ0) is 8.97. The molecule has 0 unspecified atom stereocenters. The van der Waals surface area contributed by atoms with Gasteiger partial charge in [0.25, 0.3) is 0 Å². The van der Waals surface area contributed by atoms with E-state index in [2.05, 4.69) is 6.58 Å². The van der Waals surface area contributed by atoms with Gasteiger partial charge in [-0.15, -0.1) is 17.0 Å². The first kappa shape index (κ1) is 12.0. The molecule has 0 atom stereocenters. The largest absolute Gasteiger partial charge is 0.340 e. The summed E-state index contributed by atoms with van der Waals surface area (Å²) in [4.78, 5) is 17.5. The molecule has 5 heteroatoms. The van der Waals surface area contributed by atoms with E-state index in [9.17, 15) is 4.79 Å². The van der Waals surface area contributed by atoms with Crippen molar-refractivity contribution in [2.45, 2.75) is 13.3 Å². The van der Waals surface area contributed by atoms with Crippen LogP contribution in [-0.4, -0.2) is 22.6 Å². The van der Waals surface area contributed by atoms with Crippen molar-refractivity contribution in [2.75, 3.05) is 6.67 Å². The van der Waals surface area contributed by atoms with Crippen molar-refractivity contribution < 1.29 is 9.63 Å². The third-order valence-electron chi connectivity index (χ3n) is 1.47. The number of rotatable bonds is 3. The van der Waals surface area contributed by atoms with Gasteiger partial charge in [-0.25, -0.2) is 4.79 Å². The van der Waals surface area contributed by atoms with Gasteiger partial charge < -0.3 is 9.74 Å². The Morgan fingerprint density at radius 2 is 2.38 bits per heavy atom. The summed E-state index contributed by atoms with van der Waals surface area (Å²) in [5, 5.41) is 1.47. The molecule has 74 valence electrons. The van der Waals surface area contributed by atoms with Crippen LogP contribution in [0.3, 0.4) is 0 Å². The summed E-state index contributed by atoms with van der Waals surface area (Å²) >= 11 is 0. The highest BCUT2D eigenvalue weighted by atomic mass is 79.9. The fourth-order valence-corrected chi connectivity index (χ4v) is 0.788. The van der Waals surface area contributed by atoms with Crippen molar-refractivity contribution in [2.24, 2.45) is 0 Å². The van der Waals surface area contributed by atoms with Gasteiger partial charge in [0, 0.05) is 12.6 Å². The van der Waals surface area contributed by atoms with E-state index < -0.39 is 0 Å². The van der Waals surface area contributed by atoms with Crippen LogP contribution >= 0.6 is 17.0 Å². The second kappa shape index (κ2) is 5.64. The average molecular weight is 249 g/mol. The molecule has 0 aromatic heterocycles. The summed E-state index contributed by atoms with van der Waals surface area (Å²) in [5.41, 5.74) is 0. The fraction of sp³-hybridized carbons (Fsp3) is 0.375. The summed E-state index contributed by atoms with van der Waals surface area (Å²) < 4.78 is 0. The first-order valence-corrected chi connectivity index (χ1v) is 3.80. The van der Waals surface area contributed by atoms with Crippen molar-refractivity contribution in [3.05, 3.63) is 25.2 Å². The van der Waals surface area contributed by atoms with Crippen molar-refractivity contribution in [3.8, 4) is 0 Å². The lowest BCUT2D eigenvalue weighted by Gasteiger charge is -2.16. The van der Waals surface area contributed by atoms with Crippen LogP contribution in [0.5, 0.6) is 0 Å². The Hall–Kier alpha value is -0.970. The van der Waals surface area contributed by atoms with Crippen molar-refractivity contribution >= 4 is 23.0 Å². The second-order valence-corrected chi connectivity index (χ2v) is 2.37. The average Bonchev–Trinajstić information content (AvgIpc) is 2.52. The zero-order valence-corrected chi connectivity index (χ0v) is 9.19. The summed E-state index contributed by atoms with van der Waals surface area (Å²) in [6, 6.07) is 0. The Morgan fingerprint density at radius 3 is 2.85 bits per heavy atom. The minimum absolute atomic E-state index is 0. The fourth-order valence-electron chi connectivity index (χ4n) is 0.788. The molecule has 0 spiro atoms. The van der Waals surface area contributed by atoms with Gasteiger partial charge in [0.1, 0.15) is 6.67 Å². The van der Waals surface area contributed by atoms with Gasteiger partial charge in [0.15, 0.2) is 0 Å². The minimum atomic E-state index is -0.231. The van der Waals surface area contributed by atoms with Gasteiger partial charge in [-0.3, -0.25) is 0 Å². The van der Waals surface area contributed by atoms with Crippen LogP contribution < -0.4 is 0 Å². The number of hydroxylamine groups is 2. The lowest BCUT2D eigenvalue weighted by Crippen LogP contribution is -2.24. The molecule has 0 amide bonds. The maximum absolute atomic E-state index is 10.8. The molecule has 0 fully saturated rings.